The maximum Gasteiger partial charge on any atom is 0.210 e. The zero-order valence-electron chi connectivity index (χ0n) is 13.5. The average Bonchev–Trinajstić information content (AvgIpc) is 2.97. The molecule has 3 nitrogen and oxygen atoms in total. The molecule has 2 aromatic carbocycles. The van der Waals surface area contributed by atoms with Crippen molar-refractivity contribution in [3.63, 3.8) is 0 Å². The van der Waals surface area contributed by atoms with E-state index >= 15 is 0 Å². The van der Waals surface area contributed by atoms with Gasteiger partial charge in [0.25, 0.3) is 0 Å². The molecule has 0 amide bonds. The van der Waals surface area contributed by atoms with Gasteiger partial charge >= 0.3 is 0 Å². The molecule has 0 unspecified atom stereocenters. The van der Waals surface area contributed by atoms with Gasteiger partial charge in [-0.2, -0.15) is 0 Å². The van der Waals surface area contributed by atoms with Crippen LogP contribution in [0.15, 0.2) is 72.9 Å². The summed E-state index contributed by atoms with van der Waals surface area (Å²) in [6, 6.07) is 19.6. The number of phenols is 1. The van der Waals surface area contributed by atoms with Crippen molar-refractivity contribution in [2.45, 2.75) is 0 Å². The number of pyridine rings is 1. The van der Waals surface area contributed by atoms with Gasteiger partial charge in [0.1, 0.15) is 11.4 Å². The minimum Gasteiger partial charge on any atom is -0.506 e. The highest BCUT2D eigenvalue weighted by Crippen LogP contribution is 2.38. The molecule has 0 aliphatic rings. The maximum absolute atomic E-state index is 13.3. The molecule has 0 radical (unpaired) electrons. The van der Waals surface area contributed by atoms with E-state index in [4.69, 9.17) is 23.2 Å². The Morgan fingerprint density at radius 2 is 1.65 bits per heavy atom. The standard InChI is InChI=1S/C21H13Cl2NO2/c22-15-12-14(9-10-17(15)25)21(26)20-18(13-6-2-1-3-7-13)19(23)16-8-4-5-11-24(16)20/h1-12,25H. The van der Waals surface area contributed by atoms with Gasteiger partial charge in [-0.15, -0.1) is 0 Å². The van der Waals surface area contributed by atoms with Gasteiger partial charge in [-0.05, 0) is 35.9 Å². The molecular weight excluding hydrogens is 369 g/mol. The molecule has 128 valence electrons. The fraction of sp³-hybridized carbons (Fsp3) is 0. The molecule has 26 heavy (non-hydrogen) atoms. The van der Waals surface area contributed by atoms with Crippen molar-refractivity contribution in [3.8, 4) is 16.9 Å². The molecule has 0 aliphatic carbocycles. The highest BCUT2D eigenvalue weighted by atomic mass is 35.5. The lowest BCUT2D eigenvalue weighted by molar-refractivity contribution is 0.103. The zero-order valence-corrected chi connectivity index (χ0v) is 15.0. The van der Waals surface area contributed by atoms with Gasteiger partial charge in [-0.1, -0.05) is 59.6 Å². The average molecular weight is 382 g/mol. The Morgan fingerprint density at radius 3 is 2.38 bits per heavy atom. The lowest BCUT2D eigenvalue weighted by Crippen LogP contribution is -2.06. The van der Waals surface area contributed by atoms with Crippen molar-refractivity contribution >= 4 is 34.5 Å². The van der Waals surface area contributed by atoms with E-state index in [1.807, 2.05) is 54.7 Å². The lowest BCUT2D eigenvalue weighted by Gasteiger charge is -2.08. The number of benzene rings is 2. The molecule has 0 spiro atoms. The number of rotatable bonds is 3. The summed E-state index contributed by atoms with van der Waals surface area (Å²) < 4.78 is 1.79. The number of hydrogen-bond acceptors (Lipinski definition) is 2. The summed E-state index contributed by atoms with van der Waals surface area (Å²) in [7, 11) is 0. The predicted octanol–water partition coefficient (Wildman–Crippen LogP) is 5.85. The number of aromatic hydroxyl groups is 1. The first kappa shape index (κ1) is 16.7. The van der Waals surface area contributed by atoms with Crippen LogP contribution in [0.1, 0.15) is 16.1 Å². The monoisotopic (exact) mass is 381 g/mol. The molecule has 0 atom stereocenters. The minimum atomic E-state index is -0.223. The van der Waals surface area contributed by atoms with E-state index in [9.17, 15) is 9.90 Å². The summed E-state index contributed by atoms with van der Waals surface area (Å²) in [5.74, 6) is -0.289. The van der Waals surface area contributed by atoms with Gasteiger partial charge in [0.05, 0.1) is 15.6 Å². The second-order valence-electron chi connectivity index (χ2n) is 5.85. The zero-order chi connectivity index (χ0) is 18.3. The van der Waals surface area contributed by atoms with Crippen LogP contribution in [0, 0.1) is 0 Å². The Morgan fingerprint density at radius 1 is 0.923 bits per heavy atom. The van der Waals surface area contributed by atoms with Gasteiger partial charge in [0.15, 0.2) is 0 Å². The smallest absolute Gasteiger partial charge is 0.210 e. The van der Waals surface area contributed by atoms with Crippen LogP contribution < -0.4 is 0 Å². The van der Waals surface area contributed by atoms with E-state index in [-0.39, 0.29) is 16.6 Å². The SMILES string of the molecule is O=C(c1ccc(O)c(Cl)c1)c1c(-c2ccccc2)c(Cl)c2ccccn12. The lowest BCUT2D eigenvalue weighted by atomic mass is 10.00. The maximum atomic E-state index is 13.3. The summed E-state index contributed by atoms with van der Waals surface area (Å²) in [5, 5.41) is 10.3. The van der Waals surface area contributed by atoms with Crippen LogP contribution >= 0.6 is 23.2 Å². The van der Waals surface area contributed by atoms with Crippen LogP contribution in [-0.4, -0.2) is 15.3 Å². The number of carbonyl (C=O) groups excluding carboxylic acids is 1. The Balaban J connectivity index is 2.02. The molecular formula is C21H13Cl2NO2. The topological polar surface area (TPSA) is 41.7 Å². The summed E-state index contributed by atoms with van der Waals surface area (Å²) in [5.41, 5.74) is 3.12. The number of fused-ring (bicyclic) bond motifs is 1. The Hall–Kier alpha value is -2.75. The predicted molar refractivity (Wildman–Crippen MR) is 104 cm³/mol. The van der Waals surface area contributed by atoms with E-state index in [0.29, 0.717) is 21.8 Å². The highest BCUT2D eigenvalue weighted by Gasteiger charge is 2.24. The van der Waals surface area contributed by atoms with Crippen LogP contribution in [0.2, 0.25) is 10.0 Å². The molecule has 0 saturated carbocycles. The molecule has 5 heteroatoms. The number of halogens is 2. The fourth-order valence-corrected chi connectivity index (χ4v) is 3.58. The Kier molecular flexibility index (Phi) is 4.19. The third kappa shape index (κ3) is 2.66. The summed E-state index contributed by atoms with van der Waals surface area (Å²) >= 11 is 12.6. The molecule has 4 rings (SSSR count). The van der Waals surface area contributed by atoms with Crippen LogP contribution in [-0.2, 0) is 0 Å². The van der Waals surface area contributed by atoms with Crippen LogP contribution in [0.5, 0.6) is 5.75 Å². The second kappa shape index (κ2) is 6.52. The molecule has 4 aromatic rings. The van der Waals surface area contributed by atoms with Gasteiger partial charge in [0, 0.05) is 17.3 Å². The summed E-state index contributed by atoms with van der Waals surface area (Å²) in [6.07, 6.45) is 1.81. The largest absolute Gasteiger partial charge is 0.506 e. The Labute approximate surface area is 160 Å². The summed E-state index contributed by atoms with van der Waals surface area (Å²) in [6.45, 7) is 0. The fourth-order valence-electron chi connectivity index (χ4n) is 3.05. The van der Waals surface area contributed by atoms with E-state index in [1.54, 1.807) is 10.5 Å². The van der Waals surface area contributed by atoms with Crippen molar-refractivity contribution in [1.82, 2.24) is 4.40 Å². The molecule has 0 saturated heterocycles. The van der Waals surface area contributed by atoms with Crippen molar-refractivity contribution in [3.05, 3.63) is 94.2 Å². The quantitative estimate of drug-likeness (QED) is 0.452. The number of ketones is 1. The van der Waals surface area contributed by atoms with Crippen LogP contribution in [0.3, 0.4) is 0 Å². The number of phenolic OH excluding ortho intramolecular Hbond substituents is 1. The van der Waals surface area contributed by atoms with E-state index in [0.717, 1.165) is 11.1 Å². The minimum absolute atomic E-state index is 0.0652. The van der Waals surface area contributed by atoms with E-state index in [2.05, 4.69) is 0 Å². The van der Waals surface area contributed by atoms with Crippen molar-refractivity contribution < 1.29 is 9.90 Å². The molecule has 0 fully saturated rings. The highest BCUT2D eigenvalue weighted by molar-refractivity contribution is 6.38. The number of hydrogen-bond donors (Lipinski definition) is 1. The van der Waals surface area contributed by atoms with Gasteiger partial charge < -0.3 is 9.51 Å². The molecule has 0 aliphatic heterocycles. The van der Waals surface area contributed by atoms with Crippen molar-refractivity contribution in [1.29, 1.82) is 0 Å². The van der Waals surface area contributed by atoms with E-state index in [1.165, 1.54) is 12.1 Å². The van der Waals surface area contributed by atoms with Crippen molar-refractivity contribution in [2.75, 3.05) is 0 Å². The summed E-state index contributed by atoms with van der Waals surface area (Å²) in [4.78, 5) is 13.3. The van der Waals surface area contributed by atoms with Gasteiger partial charge in [-0.3, -0.25) is 4.79 Å². The van der Waals surface area contributed by atoms with Crippen LogP contribution in [0.4, 0.5) is 0 Å². The first-order chi connectivity index (χ1) is 12.6. The first-order valence-electron chi connectivity index (χ1n) is 7.95. The van der Waals surface area contributed by atoms with Gasteiger partial charge in [0.2, 0.25) is 5.78 Å². The number of nitrogens with zero attached hydrogens (tertiary/aromatic N) is 1. The van der Waals surface area contributed by atoms with Gasteiger partial charge in [-0.25, -0.2) is 0 Å². The number of aromatic nitrogens is 1. The molecule has 2 heterocycles. The first-order valence-corrected chi connectivity index (χ1v) is 8.70. The second-order valence-corrected chi connectivity index (χ2v) is 6.64. The third-order valence-electron chi connectivity index (χ3n) is 4.27. The molecule has 1 N–H and O–H groups in total. The Bertz CT molecular complexity index is 1130. The normalized spacial score (nSPS) is 11.0. The molecule has 0 bridgehead atoms. The molecule has 2 aromatic heterocycles. The van der Waals surface area contributed by atoms with Crippen LogP contribution in [0.25, 0.3) is 16.6 Å². The number of carbonyl (C=O) groups is 1. The third-order valence-corrected chi connectivity index (χ3v) is 4.95. The van der Waals surface area contributed by atoms with Crippen molar-refractivity contribution in [2.24, 2.45) is 0 Å². The van der Waals surface area contributed by atoms with E-state index < -0.39 is 0 Å².